The third kappa shape index (κ3) is 7.57. The van der Waals surface area contributed by atoms with Gasteiger partial charge in [0.2, 0.25) is 5.91 Å². The Bertz CT molecular complexity index is 712. The molecule has 2 aliphatic rings. The summed E-state index contributed by atoms with van der Waals surface area (Å²) in [6, 6.07) is 6.88. The highest BCUT2D eigenvalue weighted by atomic mass is 127. The first-order chi connectivity index (χ1) is 14.0. The molecule has 2 aliphatic heterocycles. The van der Waals surface area contributed by atoms with Crippen molar-refractivity contribution < 1.29 is 13.9 Å². The van der Waals surface area contributed by atoms with Crippen molar-refractivity contribution in [2.75, 3.05) is 51.8 Å². The highest BCUT2D eigenvalue weighted by Crippen LogP contribution is 2.20. The number of guanidine groups is 1. The standard InChI is InChI=1S/C21H32FN5O2.HI/c1-26(2)20(28)14-24-21(23-13-19-9-5-11-29-19)25-17-7-4-10-27(15-17)18-8-3-6-16(22)12-18;/h3,6,8,12,17,19H,4-5,7,9-11,13-15H2,1-2H3,(H2,23,24,25);1H. The van der Waals surface area contributed by atoms with E-state index in [1.165, 1.54) is 11.0 Å². The fraction of sp³-hybridized carbons (Fsp3) is 0.619. The molecule has 0 radical (unpaired) electrons. The van der Waals surface area contributed by atoms with Crippen molar-refractivity contribution in [3.8, 4) is 0 Å². The van der Waals surface area contributed by atoms with Gasteiger partial charge in [-0.1, -0.05) is 6.07 Å². The molecule has 2 saturated heterocycles. The second kappa shape index (κ2) is 12.3. The number of ether oxygens (including phenoxy) is 1. The Hall–Kier alpha value is -1.62. The smallest absolute Gasteiger partial charge is 0.243 e. The van der Waals surface area contributed by atoms with Gasteiger partial charge in [-0.15, -0.1) is 24.0 Å². The van der Waals surface area contributed by atoms with Crippen molar-refractivity contribution in [2.24, 2.45) is 4.99 Å². The summed E-state index contributed by atoms with van der Waals surface area (Å²) in [5.41, 5.74) is 0.894. The minimum atomic E-state index is -0.222. The SMILES string of the molecule is CN(C)C(=O)CN=C(NCC1CCCO1)NC1CCCN(c2cccc(F)c2)C1.I. The number of benzene rings is 1. The highest BCUT2D eigenvalue weighted by Gasteiger charge is 2.22. The molecule has 2 fully saturated rings. The molecule has 30 heavy (non-hydrogen) atoms. The number of aliphatic imine (C=N–C) groups is 1. The number of hydrogen-bond acceptors (Lipinski definition) is 4. The monoisotopic (exact) mass is 533 g/mol. The van der Waals surface area contributed by atoms with Crippen molar-refractivity contribution in [3.63, 3.8) is 0 Å². The van der Waals surface area contributed by atoms with Gasteiger partial charge in [-0.05, 0) is 43.9 Å². The molecule has 9 heteroatoms. The molecule has 2 unspecified atom stereocenters. The van der Waals surface area contributed by atoms with Crippen LogP contribution < -0.4 is 15.5 Å². The molecule has 168 valence electrons. The summed E-state index contributed by atoms with van der Waals surface area (Å²) in [5.74, 6) is 0.357. The van der Waals surface area contributed by atoms with E-state index in [0.29, 0.717) is 12.5 Å². The lowest BCUT2D eigenvalue weighted by Crippen LogP contribution is -2.52. The normalized spacial score (nSPS) is 21.7. The van der Waals surface area contributed by atoms with E-state index in [9.17, 15) is 9.18 Å². The summed E-state index contributed by atoms with van der Waals surface area (Å²) >= 11 is 0. The molecule has 0 saturated carbocycles. The average molecular weight is 533 g/mol. The average Bonchev–Trinajstić information content (AvgIpc) is 3.23. The van der Waals surface area contributed by atoms with Gasteiger partial charge in [0, 0.05) is 52.1 Å². The molecule has 1 amide bonds. The lowest BCUT2D eigenvalue weighted by molar-refractivity contribution is -0.127. The van der Waals surface area contributed by atoms with Gasteiger partial charge in [-0.3, -0.25) is 4.79 Å². The number of nitrogens with one attached hydrogen (secondary N) is 2. The van der Waals surface area contributed by atoms with Gasteiger partial charge in [0.25, 0.3) is 0 Å². The highest BCUT2D eigenvalue weighted by molar-refractivity contribution is 14.0. The molecule has 1 aromatic carbocycles. The number of carbonyl (C=O) groups excluding carboxylic acids is 1. The van der Waals surface area contributed by atoms with Crippen LogP contribution >= 0.6 is 24.0 Å². The zero-order valence-electron chi connectivity index (χ0n) is 17.8. The van der Waals surface area contributed by atoms with E-state index in [1.54, 1.807) is 26.2 Å². The summed E-state index contributed by atoms with van der Waals surface area (Å²) < 4.78 is 19.3. The summed E-state index contributed by atoms with van der Waals surface area (Å²) in [6.07, 6.45) is 4.30. The van der Waals surface area contributed by atoms with Gasteiger partial charge in [0.05, 0.1) is 6.10 Å². The number of likely N-dealkylation sites (N-methyl/N-ethyl adjacent to an activating group) is 1. The zero-order valence-corrected chi connectivity index (χ0v) is 20.1. The number of nitrogens with zero attached hydrogens (tertiary/aromatic N) is 3. The van der Waals surface area contributed by atoms with E-state index >= 15 is 0 Å². The van der Waals surface area contributed by atoms with Crippen LogP contribution in [0.25, 0.3) is 0 Å². The molecule has 0 aromatic heterocycles. The van der Waals surface area contributed by atoms with Crippen LogP contribution in [0.15, 0.2) is 29.3 Å². The zero-order chi connectivity index (χ0) is 20.6. The predicted molar refractivity (Wildman–Crippen MR) is 128 cm³/mol. The van der Waals surface area contributed by atoms with E-state index in [2.05, 4.69) is 20.5 Å². The minimum Gasteiger partial charge on any atom is -0.376 e. The molecule has 2 N–H and O–H groups in total. The molecule has 3 rings (SSSR count). The van der Waals surface area contributed by atoms with Gasteiger partial charge in [0.1, 0.15) is 12.4 Å². The van der Waals surface area contributed by atoms with Gasteiger partial charge < -0.3 is 25.2 Å². The molecule has 0 aliphatic carbocycles. The van der Waals surface area contributed by atoms with Crippen molar-refractivity contribution in [3.05, 3.63) is 30.1 Å². The molecule has 0 spiro atoms. The summed E-state index contributed by atoms with van der Waals surface area (Å²) in [5, 5.41) is 6.80. The topological polar surface area (TPSA) is 69.2 Å². The van der Waals surface area contributed by atoms with Crippen molar-refractivity contribution in [1.82, 2.24) is 15.5 Å². The lowest BCUT2D eigenvalue weighted by atomic mass is 10.0. The van der Waals surface area contributed by atoms with Crippen LogP contribution in [0.2, 0.25) is 0 Å². The largest absolute Gasteiger partial charge is 0.376 e. The lowest BCUT2D eigenvalue weighted by Gasteiger charge is -2.35. The van der Waals surface area contributed by atoms with Gasteiger partial charge in [-0.2, -0.15) is 0 Å². The second-order valence-electron chi connectivity index (χ2n) is 7.88. The van der Waals surface area contributed by atoms with E-state index in [4.69, 9.17) is 4.74 Å². The summed E-state index contributed by atoms with van der Waals surface area (Å²) in [7, 11) is 3.45. The minimum absolute atomic E-state index is 0. The number of hydrogen-bond donors (Lipinski definition) is 2. The molecular formula is C21H33FIN5O2. The third-order valence-electron chi connectivity index (χ3n) is 5.33. The maximum absolute atomic E-state index is 13.6. The van der Waals surface area contributed by atoms with Crippen LogP contribution in [0.3, 0.4) is 0 Å². The van der Waals surface area contributed by atoms with Gasteiger partial charge >= 0.3 is 0 Å². The van der Waals surface area contributed by atoms with E-state index in [-0.39, 0.29) is 54.4 Å². The molecule has 7 nitrogen and oxygen atoms in total. The second-order valence-corrected chi connectivity index (χ2v) is 7.88. The number of carbonyl (C=O) groups is 1. The molecule has 2 atom stereocenters. The Morgan fingerprint density at radius 2 is 2.17 bits per heavy atom. The summed E-state index contributed by atoms with van der Waals surface area (Å²) in [4.78, 5) is 20.2. The Balaban J connectivity index is 0.00000320. The fourth-order valence-electron chi connectivity index (χ4n) is 3.65. The molecule has 1 aromatic rings. The Morgan fingerprint density at radius 1 is 1.33 bits per heavy atom. The quantitative estimate of drug-likeness (QED) is 0.334. The van der Waals surface area contributed by atoms with Crippen molar-refractivity contribution >= 4 is 41.5 Å². The van der Waals surface area contributed by atoms with E-state index in [1.807, 2.05) is 6.07 Å². The Kier molecular flexibility index (Phi) is 10.1. The first kappa shape index (κ1) is 24.6. The van der Waals surface area contributed by atoms with Crippen LogP contribution in [0.5, 0.6) is 0 Å². The number of halogens is 2. The first-order valence-corrected chi connectivity index (χ1v) is 10.4. The molecule has 0 bridgehead atoms. The Labute approximate surface area is 195 Å². The molecule has 2 heterocycles. The maximum atomic E-state index is 13.6. The Morgan fingerprint density at radius 3 is 2.87 bits per heavy atom. The number of amides is 1. The van der Waals surface area contributed by atoms with E-state index < -0.39 is 0 Å². The number of rotatable bonds is 6. The molecular weight excluding hydrogens is 500 g/mol. The fourth-order valence-corrected chi connectivity index (χ4v) is 3.65. The van der Waals surface area contributed by atoms with E-state index in [0.717, 1.165) is 51.1 Å². The predicted octanol–water partition coefficient (Wildman–Crippen LogP) is 2.21. The van der Waals surface area contributed by atoms with Crippen LogP contribution in [0, 0.1) is 5.82 Å². The van der Waals surface area contributed by atoms with Gasteiger partial charge in [0.15, 0.2) is 5.96 Å². The summed E-state index contributed by atoms with van der Waals surface area (Å²) in [6.45, 7) is 3.22. The number of anilines is 1. The van der Waals surface area contributed by atoms with Crippen LogP contribution in [0.4, 0.5) is 10.1 Å². The third-order valence-corrected chi connectivity index (χ3v) is 5.33. The van der Waals surface area contributed by atoms with Gasteiger partial charge in [-0.25, -0.2) is 9.38 Å². The van der Waals surface area contributed by atoms with Crippen molar-refractivity contribution in [2.45, 2.75) is 37.8 Å². The van der Waals surface area contributed by atoms with Crippen LogP contribution in [0.1, 0.15) is 25.7 Å². The van der Waals surface area contributed by atoms with Crippen LogP contribution in [-0.2, 0) is 9.53 Å². The first-order valence-electron chi connectivity index (χ1n) is 10.4. The maximum Gasteiger partial charge on any atom is 0.243 e. The number of piperidine rings is 1. The van der Waals surface area contributed by atoms with Crippen LogP contribution in [-0.4, -0.2) is 75.8 Å². The van der Waals surface area contributed by atoms with Crippen molar-refractivity contribution in [1.29, 1.82) is 0 Å².